The molecule has 0 saturated carbocycles. The van der Waals surface area contributed by atoms with Crippen LogP contribution < -0.4 is 0 Å². The van der Waals surface area contributed by atoms with Crippen molar-refractivity contribution in [3.8, 4) is 0 Å². The minimum atomic E-state index is 0.329. The molecule has 0 aromatic heterocycles. The van der Waals surface area contributed by atoms with E-state index in [1.54, 1.807) is 0 Å². The molecule has 2 heteroatoms. The van der Waals surface area contributed by atoms with Crippen LogP contribution in [0.3, 0.4) is 0 Å². The highest BCUT2D eigenvalue weighted by Gasteiger charge is 2.14. The molecule has 102 valence electrons. The van der Waals surface area contributed by atoms with Crippen molar-refractivity contribution in [3.05, 3.63) is 47.5 Å². The van der Waals surface area contributed by atoms with Crippen LogP contribution in [0.5, 0.6) is 0 Å². The molecule has 1 aliphatic heterocycles. The Morgan fingerprint density at radius 3 is 2.74 bits per heavy atom. The fourth-order valence-electron chi connectivity index (χ4n) is 2.66. The van der Waals surface area contributed by atoms with Gasteiger partial charge in [-0.2, -0.15) is 0 Å². The fourth-order valence-corrected chi connectivity index (χ4v) is 2.66. The Hall–Kier alpha value is -1.41. The number of rotatable bonds is 6. The lowest BCUT2D eigenvalue weighted by molar-refractivity contribution is -0.117. The van der Waals surface area contributed by atoms with Gasteiger partial charge in [-0.25, -0.2) is 0 Å². The number of benzene rings is 1. The Balaban J connectivity index is 1.84. The van der Waals surface area contributed by atoms with Crippen LogP contribution in [0.1, 0.15) is 31.7 Å². The first-order chi connectivity index (χ1) is 9.28. The summed E-state index contributed by atoms with van der Waals surface area (Å²) in [7, 11) is 0. The average molecular weight is 257 g/mol. The van der Waals surface area contributed by atoms with Crippen LogP contribution in [-0.2, 0) is 11.2 Å². The molecule has 0 aliphatic carbocycles. The second-order valence-electron chi connectivity index (χ2n) is 5.31. The molecule has 2 rings (SSSR count). The lowest BCUT2D eigenvalue weighted by Crippen LogP contribution is -2.31. The molecule has 0 unspecified atom stereocenters. The van der Waals surface area contributed by atoms with Gasteiger partial charge in [-0.15, -0.1) is 0 Å². The van der Waals surface area contributed by atoms with E-state index in [1.807, 2.05) is 30.3 Å². The van der Waals surface area contributed by atoms with Crippen molar-refractivity contribution in [2.24, 2.45) is 0 Å². The van der Waals surface area contributed by atoms with Crippen LogP contribution in [0.2, 0.25) is 0 Å². The lowest BCUT2D eigenvalue weighted by Gasteiger charge is -2.26. The van der Waals surface area contributed by atoms with Gasteiger partial charge in [-0.3, -0.25) is 9.69 Å². The van der Waals surface area contributed by atoms with E-state index in [2.05, 4.69) is 17.9 Å². The van der Waals surface area contributed by atoms with E-state index in [0.717, 1.165) is 31.6 Å². The topological polar surface area (TPSA) is 20.3 Å². The molecule has 1 heterocycles. The molecule has 0 amide bonds. The smallest absolute Gasteiger partial charge is 0.141 e. The number of ketones is 1. The minimum Gasteiger partial charge on any atom is -0.299 e. The van der Waals surface area contributed by atoms with E-state index in [0.29, 0.717) is 18.6 Å². The molecule has 2 nitrogen and oxygen atoms in total. The second-order valence-corrected chi connectivity index (χ2v) is 5.31. The second kappa shape index (κ2) is 7.25. The maximum Gasteiger partial charge on any atom is 0.141 e. The van der Waals surface area contributed by atoms with Crippen molar-refractivity contribution in [2.75, 3.05) is 19.6 Å². The zero-order valence-electron chi connectivity index (χ0n) is 11.8. The fraction of sp³-hybridized carbons (Fsp3) is 0.471. The van der Waals surface area contributed by atoms with Crippen molar-refractivity contribution in [1.82, 2.24) is 4.90 Å². The van der Waals surface area contributed by atoms with Gasteiger partial charge in [0.25, 0.3) is 0 Å². The van der Waals surface area contributed by atoms with Gasteiger partial charge in [0, 0.05) is 25.9 Å². The molecular weight excluding hydrogens is 234 g/mol. The Kier molecular flexibility index (Phi) is 5.34. The Bertz CT molecular complexity index is 436. The largest absolute Gasteiger partial charge is 0.299 e. The van der Waals surface area contributed by atoms with E-state index in [9.17, 15) is 4.79 Å². The summed E-state index contributed by atoms with van der Waals surface area (Å²) in [4.78, 5) is 14.5. The van der Waals surface area contributed by atoms with E-state index < -0.39 is 0 Å². The summed E-state index contributed by atoms with van der Waals surface area (Å²) >= 11 is 0. The molecule has 0 radical (unpaired) electrons. The summed E-state index contributed by atoms with van der Waals surface area (Å²) < 4.78 is 0. The van der Waals surface area contributed by atoms with Crippen LogP contribution in [0.4, 0.5) is 0 Å². The maximum absolute atomic E-state index is 12.1. The molecule has 0 fully saturated rings. The summed E-state index contributed by atoms with van der Waals surface area (Å²) in [5, 5.41) is 0. The third kappa shape index (κ3) is 4.64. The lowest BCUT2D eigenvalue weighted by atomic mass is 10.00. The summed E-state index contributed by atoms with van der Waals surface area (Å²) in [5.41, 5.74) is 2.43. The van der Waals surface area contributed by atoms with Crippen LogP contribution >= 0.6 is 0 Å². The standard InChI is InChI=1S/C17H23NO/c1-2-10-18-11-6-9-16(14-18)13-17(19)12-15-7-4-3-5-8-15/h3-5,7-9H,2,6,10-14H2,1H3. The van der Waals surface area contributed by atoms with Crippen molar-refractivity contribution in [1.29, 1.82) is 0 Å². The first-order valence-electron chi connectivity index (χ1n) is 7.24. The Morgan fingerprint density at radius 1 is 1.21 bits per heavy atom. The van der Waals surface area contributed by atoms with Gasteiger partial charge in [0.2, 0.25) is 0 Å². The molecule has 0 spiro atoms. The predicted octanol–water partition coefficient (Wildman–Crippen LogP) is 3.23. The number of Topliss-reactive ketones (excluding diaryl/α,β-unsaturated/α-hetero) is 1. The molecule has 1 aliphatic rings. The first-order valence-corrected chi connectivity index (χ1v) is 7.24. The molecule has 0 N–H and O–H groups in total. The van der Waals surface area contributed by atoms with Gasteiger partial charge >= 0.3 is 0 Å². The predicted molar refractivity (Wildman–Crippen MR) is 79.2 cm³/mol. The Labute approximate surface area is 116 Å². The monoisotopic (exact) mass is 257 g/mol. The highest BCUT2D eigenvalue weighted by Crippen LogP contribution is 2.15. The Morgan fingerprint density at radius 2 is 2.00 bits per heavy atom. The third-order valence-corrected chi connectivity index (χ3v) is 3.51. The van der Waals surface area contributed by atoms with Crippen LogP contribution in [0.25, 0.3) is 0 Å². The van der Waals surface area contributed by atoms with Crippen molar-refractivity contribution < 1.29 is 4.79 Å². The normalized spacial score (nSPS) is 16.2. The number of hydrogen-bond donors (Lipinski definition) is 0. The summed E-state index contributed by atoms with van der Waals surface area (Å²) in [6.07, 6.45) is 5.72. The SMILES string of the molecule is CCCN1CCC=C(CC(=O)Cc2ccccc2)C1. The number of hydrogen-bond acceptors (Lipinski definition) is 2. The third-order valence-electron chi connectivity index (χ3n) is 3.51. The maximum atomic E-state index is 12.1. The van der Waals surface area contributed by atoms with Crippen LogP contribution in [0, 0.1) is 0 Å². The van der Waals surface area contributed by atoms with Gasteiger partial charge in [-0.1, -0.05) is 48.9 Å². The van der Waals surface area contributed by atoms with Gasteiger partial charge in [-0.05, 0) is 24.9 Å². The zero-order chi connectivity index (χ0) is 13.5. The van der Waals surface area contributed by atoms with Crippen molar-refractivity contribution in [2.45, 2.75) is 32.6 Å². The van der Waals surface area contributed by atoms with E-state index in [-0.39, 0.29) is 0 Å². The molecule has 0 atom stereocenters. The van der Waals surface area contributed by atoms with Crippen LogP contribution in [0.15, 0.2) is 42.0 Å². The van der Waals surface area contributed by atoms with E-state index in [4.69, 9.17) is 0 Å². The van der Waals surface area contributed by atoms with Gasteiger partial charge in [0.15, 0.2) is 0 Å². The van der Waals surface area contributed by atoms with Crippen molar-refractivity contribution in [3.63, 3.8) is 0 Å². The first kappa shape index (κ1) is 14.0. The zero-order valence-corrected chi connectivity index (χ0v) is 11.8. The number of carbonyl (C=O) groups is 1. The molecule has 0 bridgehead atoms. The highest BCUT2D eigenvalue weighted by atomic mass is 16.1. The van der Waals surface area contributed by atoms with Crippen molar-refractivity contribution >= 4 is 5.78 Å². The summed E-state index contributed by atoms with van der Waals surface area (Å²) in [5.74, 6) is 0.329. The quantitative estimate of drug-likeness (QED) is 0.729. The van der Waals surface area contributed by atoms with E-state index >= 15 is 0 Å². The molecule has 19 heavy (non-hydrogen) atoms. The van der Waals surface area contributed by atoms with E-state index in [1.165, 1.54) is 12.0 Å². The number of nitrogens with zero attached hydrogens (tertiary/aromatic N) is 1. The molecule has 1 aromatic carbocycles. The molecule has 0 saturated heterocycles. The molecule has 1 aromatic rings. The highest BCUT2D eigenvalue weighted by molar-refractivity contribution is 5.83. The van der Waals surface area contributed by atoms with Gasteiger partial charge < -0.3 is 0 Å². The molecular formula is C17H23NO. The summed E-state index contributed by atoms with van der Waals surface area (Å²) in [6, 6.07) is 10.0. The summed E-state index contributed by atoms with van der Waals surface area (Å²) in [6.45, 7) is 5.47. The average Bonchev–Trinajstić information content (AvgIpc) is 2.40. The van der Waals surface area contributed by atoms with Gasteiger partial charge in [0.05, 0.1) is 0 Å². The van der Waals surface area contributed by atoms with Gasteiger partial charge in [0.1, 0.15) is 5.78 Å². The van der Waals surface area contributed by atoms with Crippen LogP contribution in [-0.4, -0.2) is 30.3 Å². The number of carbonyl (C=O) groups excluding carboxylic acids is 1. The minimum absolute atomic E-state index is 0.329.